The van der Waals surface area contributed by atoms with E-state index < -0.39 is 0 Å². The summed E-state index contributed by atoms with van der Waals surface area (Å²) in [6.07, 6.45) is 0. The van der Waals surface area contributed by atoms with E-state index in [0.29, 0.717) is 0 Å². The zero-order chi connectivity index (χ0) is 39.0. The monoisotopic (exact) mass is 752 g/mol. The van der Waals surface area contributed by atoms with Crippen molar-refractivity contribution in [3.05, 3.63) is 193 Å². The average Bonchev–Trinajstić information content (AvgIpc) is 3.86. The molecule has 0 fully saturated rings. The molecule has 276 valence electrons. The third-order valence-corrected chi connectivity index (χ3v) is 13.0. The van der Waals surface area contributed by atoms with Crippen LogP contribution in [0, 0.1) is 0 Å². The summed E-state index contributed by atoms with van der Waals surface area (Å²) in [5, 5.41) is 9.72. The predicted molar refractivity (Wildman–Crippen MR) is 246 cm³/mol. The molecule has 0 saturated heterocycles. The van der Waals surface area contributed by atoms with E-state index in [2.05, 4.69) is 205 Å². The fourth-order valence-electron chi connectivity index (χ4n) is 10.4. The van der Waals surface area contributed by atoms with Gasteiger partial charge in [-0.05, 0) is 93.0 Å². The summed E-state index contributed by atoms with van der Waals surface area (Å²) in [6, 6.07) is 66.3. The van der Waals surface area contributed by atoms with E-state index in [9.17, 15) is 0 Å². The van der Waals surface area contributed by atoms with Crippen molar-refractivity contribution >= 4 is 76.2 Å². The summed E-state index contributed by atoms with van der Waals surface area (Å²) in [6.45, 7) is 4.69. The average molecular weight is 753 g/mol. The molecule has 0 radical (unpaired) electrons. The zero-order valence-electron chi connectivity index (χ0n) is 32.6. The number of fused-ring (bicyclic) bond motifs is 12. The Morgan fingerprint density at radius 1 is 0.390 bits per heavy atom. The fraction of sp³-hybridized carbons (Fsp3) is 0.0545. The number of hydrogen-bond acceptors (Lipinski definition) is 2. The lowest BCUT2D eigenvalue weighted by molar-refractivity contribution is 0.661. The van der Waals surface area contributed by atoms with Crippen molar-refractivity contribution in [2.75, 3.05) is 0 Å². The van der Waals surface area contributed by atoms with Gasteiger partial charge in [0.25, 0.3) is 0 Å². The molecule has 0 amide bonds. The van der Waals surface area contributed by atoms with Crippen LogP contribution in [0.4, 0.5) is 0 Å². The van der Waals surface area contributed by atoms with Crippen LogP contribution >= 0.6 is 0 Å². The zero-order valence-corrected chi connectivity index (χ0v) is 32.6. The van der Waals surface area contributed by atoms with Crippen molar-refractivity contribution in [2.24, 2.45) is 0 Å². The summed E-state index contributed by atoms with van der Waals surface area (Å²) in [5.74, 6) is 0.833. The molecule has 3 heterocycles. The Morgan fingerprint density at radius 3 is 1.76 bits per heavy atom. The van der Waals surface area contributed by atoms with Crippen LogP contribution in [0.15, 0.2) is 182 Å². The largest absolute Gasteiger partial charge is 0.309 e. The molecule has 4 heteroatoms. The minimum Gasteiger partial charge on any atom is -0.309 e. The molecule has 12 aromatic rings. The van der Waals surface area contributed by atoms with Crippen LogP contribution in [0.3, 0.4) is 0 Å². The second-order valence-electron chi connectivity index (χ2n) is 16.6. The van der Waals surface area contributed by atoms with E-state index in [-0.39, 0.29) is 5.41 Å². The van der Waals surface area contributed by atoms with E-state index in [4.69, 9.17) is 9.97 Å². The van der Waals surface area contributed by atoms with Gasteiger partial charge >= 0.3 is 0 Å². The third-order valence-electron chi connectivity index (χ3n) is 13.0. The van der Waals surface area contributed by atoms with Crippen molar-refractivity contribution in [2.45, 2.75) is 19.3 Å². The fourth-order valence-corrected chi connectivity index (χ4v) is 10.4. The van der Waals surface area contributed by atoms with Crippen LogP contribution in [-0.2, 0) is 5.41 Å². The quantitative estimate of drug-likeness (QED) is 0.180. The van der Waals surface area contributed by atoms with Crippen molar-refractivity contribution in [1.82, 2.24) is 19.1 Å². The van der Waals surface area contributed by atoms with Crippen molar-refractivity contribution in [3.63, 3.8) is 0 Å². The van der Waals surface area contributed by atoms with Crippen LogP contribution in [0.25, 0.3) is 110 Å². The summed E-state index contributed by atoms with van der Waals surface area (Å²) in [7, 11) is 0. The van der Waals surface area contributed by atoms with Gasteiger partial charge in [-0.15, -0.1) is 0 Å². The molecule has 3 aromatic heterocycles. The second kappa shape index (κ2) is 11.7. The van der Waals surface area contributed by atoms with Crippen LogP contribution < -0.4 is 0 Å². The van der Waals surface area contributed by atoms with Crippen molar-refractivity contribution in [1.29, 1.82) is 0 Å². The molecule has 0 N–H and O–H groups in total. The topological polar surface area (TPSA) is 35.6 Å². The summed E-state index contributed by atoms with van der Waals surface area (Å²) >= 11 is 0. The Balaban J connectivity index is 1.12. The van der Waals surface area contributed by atoms with Crippen LogP contribution in [0.1, 0.15) is 25.0 Å². The van der Waals surface area contributed by atoms with Gasteiger partial charge in [0, 0.05) is 37.9 Å². The molecule has 0 bridgehead atoms. The Labute approximate surface area is 340 Å². The number of para-hydroxylation sites is 4. The Bertz CT molecular complexity index is 3770. The molecule has 0 spiro atoms. The molecule has 0 unspecified atom stereocenters. The first-order chi connectivity index (χ1) is 29.0. The molecule has 13 rings (SSSR count). The van der Waals surface area contributed by atoms with E-state index >= 15 is 0 Å². The van der Waals surface area contributed by atoms with Crippen LogP contribution in [0.2, 0.25) is 0 Å². The normalized spacial score (nSPS) is 13.4. The second-order valence-corrected chi connectivity index (χ2v) is 16.6. The van der Waals surface area contributed by atoms with Gasteiger partial charge < -0.3 is 4.57 Å². The Morgan fingerprint density at radius 2 is 0.949 bits per heavy atom. The van der Waals surface area contributed by atoms with E-state index in [1.165, 1.54) is 76.4 Å². The molecule has 1 aliphatic rings. The van der Waals surface area contributed by atoms with Gasteiger partial charge in [0.2, 0.25) is 0 Å². The molecule has 4 nitrogen and oxygen atoms in total. The maximum Gasteiger partial charge on any atom is 0.165 e. The van der Waals surface area contributed by atoms with Gasteiger partial charge in [0.15, 0.2) is 5.82 Å². The van der Waals surface area contributed by atoms with Crippen LogP contribution in [0.5, 0.6) is 0 Å². The standard InChI is InChI=1S/C55H36N4/c1-55(2)44-23-8-5-18-36(44)39-21-14-22-40(52(39)55)53-54(57-46-25-10-9-24-45(46)56-53)59-48-27-12-7-20-38(48)43-32-41-35(31-51(43)59)17-13-28-49(41)58-47-26-11-6-19-37(47)42-29-33-15-3-4-16-34(33)30-50(42)58/h3-32H,1-2H3. The highest BCUT2D eigenvalue weighted by atomic mass is 15.1. The van der Waals surface area contributed by atoms with E-state index in [1.807, 2.05) is 0 Å². The minimum absolute atomic E-state index is 0.223. The number of benzene rings is 9. The third kappa shape index (κ3) is 4.43. The minimum atomic E-state index is -0.223. The molecule has 9 aromatic carbocycles. The molecule has 0 aliphatic heterocycles. The van der Waals surface area contributed by atoms with E-state index in [1.54, 1.807) is 0 Å². The molecular weight excluding hydrogens is 717 g/mol. The van der Waals surface area contributed by atoms with E-state index in [0.717, 1.165) is 44.8 Å². The predicted octanol–water partition coefficient (Wildman–Crippen LogP) is 14.1. The maximum atomic E-state index is 5.54. The van der Waals surface area contributed by atoms with Gasteiger partial charge in [-0.1, -0.05) is 141 Å². The van der Waals surface area contributed by atoms with Crippen molar-refractivity contribution in [3.8, 4) is 33.9 Å². The summed E-state index contributed by atoms with van der Waals surface area (Å²) in [4.78, 5) is 11.1. The smallest absolute Gasteiger partial charge is 0.165 e. The van der Waals surface area contributed by atoms with Gasteiger partial charge in [0.1, 0.15) is 5.69 Å². The first-order valence-corrected chi connectivity index (χ1v) is 20.4. The first kappa shape index (κ1) is 32.5. The highest BCUT2D eigenvalue weighted by Gasteiger charge is 2.38. The number of rotatable bonds is 3. The lowest BCUT2D eigenvalue weighted by Gasteiger charge is -2.25. The maximum absolute atomic E-state index is 5.54. The summed E-state index contributed by atoms with van der Waals surface area (Å²) in [5.41, 5.74) is 14.5. The number of aromatic nitrogens is 4. The first-order valence-electron chi connectivity index (χ1n) is 20.4. The van der Waals surface area contributed by atoms with Gasteiger partial charge in [-0.25, -0.2) is 9.97 Å². The number of nitrogens with zero attached hydrogens (tertiary/aromatic N) is 4. The van der Waals surface area contributed by atoms with Crippen molar-refractivity contribution < 1.29 is 0 Å². The molecule has 0 atom stereocenters. The highest BCUT2D eigenvalue weighted by molar-refractivity contribution is 6.17. The van der Waals surface area contributed by atoms with Gasteiger partial charge in [0.05, 0.1) is 38.8 Å². The Kier molecular flexibility index (Phi) is 6.48. The molecule has 0 saturated carbocycles. The molecule has 1 aliphatic carbocycles. The molecule has 59 heavy (non-hydrogen) atoms. The molecular formula is C55H36N4. The number of hydrogen-bond donors (Lipinski definition) is 0. The lowest BCUT2D eigenvalue weighted by atomic mass is 9.79. The SMILES string of the molecule is CC1(C)c2ccccc2-c2cccc(-c3nc4ccccc4nc3-n3c4ccccc4c4cc5c(-n6c7ccccc7c7cc8ccccc8cc76)cccc5cc43)c21. The highest BCUT2D eigenvalue weighted by Crippen LogP contribution is 2.53. The van der Waals surface area contributed by atoms with Gasteiger partial charge in [-0.2, -0.15) is 0 Å². The Hall–Kier alpha value is -7.56. The van der Waals surface area contributed by atoms with Gasteiger partial charge in [-0.3, -0.25) is 4.57 Å². The lowest BCUT2D eigenvalue weighted by Crippen LogP contribution is -2.17. The van der Waals surface area contributed by atoms with Crippen LogP contribution in [-0.4, -0.2) is 19.1 Å². The summed E-state index contributed by atoms with van der Waals surface area (Å²) < 4.78 is 4.83.